The van der Waals surface area contributed by atoms with Crippen LogP contribution in [0.1, 0.15) is 5.76 Å². The molecule has 0 bridgehead atoms. The predicted octanol–water partition coefficient (Wildman–Crippen LogP) is 3.91. The maximum Gasteiger partial charge on any atom is 0.261 e. The molecule has 0 saturated carbocycles. The number of furan rings is 1. The van der Waals surface area contributed by atoms with E-state index in [0.717, 1.165) is 0 Å². The van der Waals surface area contributed by atoms with Gasteiger partial charge >= 0.3 is 0 Å². The number of benzene rings is 1. The van der Waals surface area contributed by atoms with Crippen LogP contribution in [0.2, 0.25) is 10.0 Å². The monoisotopic (exact) mass is 320 g/mol. The number of nitrogens with zero attached hydrogens (tertiary/aromatic N) is 1. The van der Waals surface area contributed by atoms with Crippen LogP contribution >= 0.6 is 23.2 Å². The second-order valence-electron chi connectivity index (χ2n) is 4.05. The van der Waals surface area contributed by atoms with Crippen LogP contribution in [0.3, 0.4) is 0 Å². The van der Waals surface area contributed by atoms with Gasteiger partial charge in [-0.2, -0.15) is 5.26 Å². The number of halogens is 2. The number of carbonyl (C=O) groups is 1. The Kier molecular flexibility index (Phi) is 4.69. The molecule has 0 radical (unpaired) electrons. The van der Waals surface area contributed by atoms with Crippen LogP contribution in [-0.4, -0.2) is 13.0 Å². The molecule has 0 fully saturated rings. The van der Waals surface area contributed by atoms with Gasteiger partial charge in [0.1, 0.15) is 23.2 Å². The van der Waals surface area contributed by atoms with E-state index in [2.05, 4.69) is 5.32 Å². The second kappa shape index (κ2) is 6.49. The lowest BCUT2D eigenvalue weighted by Crippen LogP contribution is -2.18. The van der Waals surface area contributed by atoms with E-state index >= 15 is 0 Å². The van der Waals surface area contributed by atoms with Gasteiger partial charge in [0.15, 0.2) is 0 Å². The summed E-state index contributed by atoms with van der Waals surface area (Å²) in [5.74, 6) is 0.403. The predicted molar refractivity (Wildman–Crippen MR) is 81.8 cm³/mol. The number of amides is 1. The van der Waals surface area contributed by atoms with E-state index in [1.165, 1.54) is 13.1 Å². The Balaban J connectivity index is 2.39. The highest BCUT2D eigenvalue weighted by atomic mass is 35.5. The standard InChI is InChI=1S/C15H10Cl2N2O2/c1-19-15(20)9(8-18)7-10-5-6-13(21-10)11-3-2-4-12(16)14(11)17/h2-7H,1H3,(H,19,20)/b9-7-. The van der Waals surface area contributed by atoms with Crippen molar-refractivity contribution in [2.45, 2.75) is 0 Å². The van der Waals surface area contributed by atoms with Crippen molar-refractivity contribution in [1.29, 1.82) is 5.26 Å². The lowest BCUT2D eigenvalue weighted by Gasteiger charge is -2.02. The van der Waals surface area contributed by atoms with Gasteiger partial charge in [-0.25, -0.2) is 0 Å². The zero-order chi connectivity index (χ0) is 15.4. The van der Waals surface area contributed by atoms with Gasteiger partial charge < -0.3 is 9.73 Å². The molecule has 1 aromatic heterocycles. The molecule has 0 saturated heterocycles. The summed E-state index contributed by atoms with van der Waals surface area (Å²) in [6, 6.07) is 10.4. The molecule has 2 rings (SSSR count). The van der Waals surface area contributed by atoms with E-state index < -0.39 is 5.91 Å². The molecule has 0 aliphatic rings. The van der Waals surface area contributed by atoms with E-state index in [0.29, 0.717) is 27.1 Å². The first kappa shape index (κ1) is 15.2. The molecule has 1 N–H and O–H groups in total. The van der Waals surface area contributed by atoms with Crippen LogP contribution in [0, 0.1) is 11.3 Å². The van der Waals surface area contributed by atoms with E-state index in [-0.39, 0.29) is 5.57 Å². The van der Waals surface area contributed by atoms with Crippen molar-refractivity contribution < 1.29 is 9.21 Å². The molecule has 2 aromatic rings. The minimum absolute atomic E-state index is 0.0457. The average molecular weight is 321 g/mol. The summed E-state index contributed by atoms with van der Waals surface area (Å²) < 4.78 is 5.58. The first-order chi connectivity index (χ1) is 10.1. The molecular weight excluding hydrogens is 311 g/mol. The minimum atomic E-state index is -0.476. The smallest absolute Gasteiger partial charge is 0.261 e. The minimum Gasteiger partial charge on any atom is -0.457 e. The summed E-state index contributed by atoms with van der Waals surface area (Å²) in [6.45, 7) is 0. The van der Waals surface area contributed by atoms with E-state index in [9.17, 15) is 4.79 Å². The average Bonchev–Trinajstić information content (AvgIpc) is 2.95. The Morgan fingerprint density at radius 2 is 2.10 bits per heavy atom. The Hall–Kier alpha value is -2.22. The molecule has 106 valence electrons. The third-order valence-electron chi connectivity index (χ3n) is 2.72. The third-order valence-corrected chi connectivity index (χ3v) is 3.54. The molecule has 4 nitrogen and oxygen atoms in total. The molecular formula is C15H10Cl2N2O2. The van der Waals surface area contributed by atoms with Gasteiger partial charge in [-0.05, 0) is 24.3 Å². The van der Waals surface area contributed by atoms with Crippen molar-refractivity contribution in [2.75, 3.05) is 7.05 Å². The molecule has 0 atom stereocenters. The number of rotatable bonds is 3. The topological polar surface area (TPSA) is 66.0 Å². The molecule has 0 spiro atoms. The molecule has 1 aromatic carbocycles. The van der Waals surface area contributed by atoms with Gasteiger partial charge in [0.05, 0.1) is 10.0 Å². The summed E-state index contributed by atoms with van der Waals surface area (Å²) in [7, 11) is 1.45. The fourth-order valence-corrected chi connectivity index (χ4v) is 2.09. The highest BCUT2D eigenvalue weighted by molar-refractivity contribution is 6.43. The Labute approximate surface area is 131 Å². The van der Waals surface area contributed by atoms with Crippen molar-refractivity contribution in [3.8, 4) is 17.4 Å². The van der Waals surface area contributed by atoms with Crippen molar-refractivity contribution in [2.24, 2.45) is 0 Å². The van der Waals surface area contributed by atoms with Gasteiger partial charge in [0, 0.05) is 18.7 Å². The Morgan fingerprint density at radius 3 is 2.76 bits per heavy atom. The van der Waals surface area contributed by atoms with Gasteiger partial charge in [-0.15, -0.1) is 0 Å². The van der Waals surface area contributed by atoms with E-state index in [1.54, 1.807) is 30.3 Å². The van der Waals surface area contributed by atoms with Gasteiger partial charge in [0.2, 0.25) is 0 Å². The van der Waals surface area contributed by atoms with Crippen LogP contribution < -0.4 is 5.32 Å². The van der Waals surface area contributed by atoms with Crippen LogP contribution in [-0.2, 0) is 4.79 Å². The SMILES string of the molecule is CNC(=O)/C(C#N)=C\c1ccc(-c2cccc(Cl)c2Cl)o1. The van der Waals surface area contributed by atoms with Crippen molar-refractivity contribution in [3.05, 3.63) is 51.7 Å². The number of carbonyl (C=O) groups excluding carboxylic acids is 1. The maximum atomic E-state index is 11.4. The lowest BCUT2D eigenvalue weighted by molar-refractivity contribution is -0.116. The number of hydrogen-bond acceptors (Lipinski definition) is 3. The summed E-state index contributed by atoms with van der Waals surface area (Å²) in [4.78, 5) is 11.4. The van der Waals surface area contributed by atoms with Gasteiger partial charge in [0.25, 0.3) is 5.91 Å². The van der Waals surface area contributed by atoms with Crippen LogP contribution in [0.15, 0.2) is 40.3 Å². The quantitative estimate of drug-likeness (QED) is 0.688. The Morgan fingerprint density at radius 1 is 1.33 bits per heavy atom. The van der Waals surface area contributed by atoms with Gasteiger partial charge in [-0.1, -0.05) is 29.3 Å². The molecule has 1 amide bonds. The molecule has 0 unspecified atom stereocenters. The number of hydrogen-bond donors (Lipinski definition) is 1. The number of likely N-dealkylation sites (N-methyl/N-ethyl adjacent to an activating group) is 1. The van der Waals surface area contributed by atoms with Crippen molar-refractivity contribution in [3.63, 3.8) is 0 Å². The number of nitrogens with one attached hydrogen (secondary N) is 1. The third kappa shape index (κ3) is 3.27. The zero-order valence-corrected chi connectivity index (χ0v) is 12.5. The first-order valence-corrected chi connectivity index (χ1v) is 6.70. The van der Waals surface area contributed by atoms with E-state index in [4.69, 9.17) is 32.9 Å². The normalized spacial score (nSPS) is 11.0. The van der Waals surface area contributed by atoms with Crippen molar-refractivity contribution in [1.82, 2.24) is 5.32 Å². The van der Waals surface area contributed by atoms with E-state index in [1.807, 2.05) is 6.07 Å². The highest BCUT2D eigenvalue weighted by Gasteiger charge is 2.12. The summed E-state index contributed by atoms with van der Waals surface area (Å²) >= 11 is 12.1. The van der Waals surface area contributed by atoms with Crippen LogP contribution in [0.25, 0.3) is 17.4 Å². The van der Waals surface area contributed by atoms with Gasteiger partial charge in [-0.3, -0.25) is 4.79 Å². The highest BCUT2D eigenvalue weighted by Crippen LogP contribution is 2.34. The fraction of sp³-hybridized carbons (Fsp3) is 0.0667. The fourth-order valence-electron chi connectivity index (χ4n) is 1.69. The molecule has 1 heterocycles. The van der Waals surface area contributed by atoms with Crippen molar-refractivity contribution >= 4 is 35.2 Å². The molecule has 6 heteroatoms. The van der Waals surface area contributed by atoms with Crippen LogP contribution in [0.5, 0.6) is 0 Å². The lowest BCUT2D eigenvalue weighted by atomic mass is 10.2. The maximum absolute atomic E-state index is 11.4. The molecule has 0 aliphatic heterocycles. The summed E-state index contributed by atoms with van der Waals surface area (Å²) in [6.07, 6.45) is 1.36. The largest absolute Gasteiger partial charge is 0.457 e. The summed E-state index contributed by atoms with van der Waals surface area (Å²) in [5, 5.41) is 12.1. The van der Waals surface area contributed by atoms with Crippen LogP contribution in [0.4, 0.5) is 0 Å². The molecule has 0 aliphatic carbocycles. The number of nitriles is 1. The summed E-state index contributed by atoms with van der Waals surface area (Å²) in [5.41, 5.74) is 0.595. The molecule has 21 heavy (non-hydrogen) atoms. The second-order valence-corrected chi connectivity index (χ2v) is 4.84. The Bertz CT molecular complexity index is 757. The zero-order valence-electron chi connectivity index (χ0n) is 11.0. The first-order valence-electron chi connectivity index (χ1n) is 5.95.